The number of para-hydroxylation sites is 1. The molecule has 2 N–H and O–H groups in total. The molecule has 144 valence electrons. The van der Waals surface area contributed by atoms with E-state index in [0.29, 0.717) is 34.8 Å². The Morgan fingerprint density at radius 3 is 2.57 bits per heavy atom. The second kappa shape index (κ2) is 8.68. The first-order valence-electron chi connectivity index (χ1n) is 8.72. The second-order valence-corrected chi connectivity index (χ2v) is 5.89. The molecule has 8 nitrogen and oxygen atoms in total. The zero-order valence-electron chi connectivity index (χ0n) is 15.9. The Bertz CT molecular complexity index is 997. The van der Waals surface area contributed by atoms with Crippen LogP contribution in [-0.4, -0.2) is 54.1 Å². The quantitative estimate of drug-likeness (QED) is 0.361. The summed E-state index contributed by atoms with van der Waals surface area (Å²) in [5, 5.41) is 25.9. The summed E-state index contributed by atoms with van der Waals surface area (Å²) >= 11 is 0. The standard InChI is InChI=1S/C19H21BN4O4/c1-4-24(19-14-6-5-7-16(27-2)18(14)21-12-22-19)23-11-13-8-9-15(20(25)26)17(10-13)28-3/h5-12,25-26H,4H2,1-3H3/b23-11+. The Hall–Kier alpha value is -3.17. The monoisotopic (exact) mass is 380 g/mol. The van der Waals surface area contributed by atoms with E-state index in [2.05, 4.69) is 15.1 Å². The van der Waals surface area contributed by atoms with Crippen LogP contribution in [0.2, 0.25) is 0 Å². The Kier molecular flexibility index (Phi) is 6.08. The van der Waals surface area contributed by atoms with Gasteiger partial charge in [-0.2, -0.15) is 5.10 Å². The zero-order chi connectivity index (χ0) is 20.1. The van der Waals surface area contributed by atoms with Crippen LogP contribution in [0.5, 0.6) is 11.5 Å². The number of hydrogen-bond donors (Lipinski definition) is 2. The minimum Gasteiger partial charge on any atom is -0.497 e. The van der Waals surface area contributed by atoms with E-state index < -0.39 is 7.12 Å². The SMILES string of the molecule is CCN(/N=C/c1ccc(B(O)O)c(OC)c1)c1ncnc2c(OC)cccc12. The molecule has 0 atom stereocenters. The van der Waals surface area contributed by atoms with E-state index in [0.717, 1.165) is 10.9 Å². The number of hydrogen-bond acceptors (Lipinski definition) is 8. The largest absolute Gasteiger partial charge is 0.497 e. The highest BCUT2D eigenvalue weighted by atomic mass is 16.5. The first kappa shape index (κ1) is 19.6. The van der Waals surface area contributed by atoms with E-state index in [1.165, 1.54) is 13.4 Å². The smallest absolute Gasteiger partial charge is 0.492 e. The summed E-state index contributed by atoms with van der Waals surface area (Å²) in [6.07, 6.45) is 3.15. The van der Waals surface area contributed by atoms with E-state index in [9.17, 15) is 10.0 Å². The summed E-state index contributed by atoms with van der Waals surface area (Å²) in [5.74, 6) is 1.71. The maximum absolute atomic E-state index is 9.38. The van der Waals surface area contributed by atoms with E-state index in [-0.39, 0.29) is 0 Å². The summed E-state index contributed by atoms with van der Waals surface area (Å²) in [6.45, 7) is 2.56. The van der Waals surface area contributed by atoms with Gasteiger partial charge >= 0.3 is 7.12 Å². The predicted molar refractivity (Wildman–Crippen MR) is 110 cm³/mol. The van der Waals surface area contributed by atoms with Crippen molar-refractivity contribution in [3.8, 4) is 11.5 Å². The molecule has 0 saturated heterocycles. The molecule has 0 aliphatic heterocycles. The first-order chi connectivity index (χ1) is 13.6. The number of nitrogens with zero attached hydrogens (tertiary/aromatic N) is 4. The van der Waals surface area contributed by atoms with Crippen molar-refractivity contribution in [1.29, 1.82) is 0 Å². The third kappa shape index (κ3) is 3.90. The van der Waals surface area contributed by atoms with Crippen LogP contribution in [-0.2, 0) is 0 Å². The van der Waals surface area contributed by atoms with Gasteiger partial charge in [0.05, 0.1) is 20.4 Å². The van der Waals surface area contributed by atoms with Crippen molar-refractivity contribution in [2.75, 3.05) is 25.8 Å². The van der Waals surface area contributed by atoms with Gasteiger partial charge in [-0.15, -0.1) is 0 Å². The molecule has 0 aliphatic carbocycles. The third-order valence-corrected chi connectivity index (χ3v) is 4.25. The summed E-state index contributed by atoms with van der Waals surface area (Å²) in [6, 6.07) is 10.7. The number of hydrazone groups is 1. The molecule has 1 aromatic heterocycles. The lowest BCUT2D eigenvalue weighted by molar-refractivity contribution is 0.403. The van der Waals surface area contributed by atoms with Gasteiger partial charge in [-0.05, 0) is 30.7 Å². The fourth-order valence-corrected chi connectivity index (χ4v) is 2.86. The molecule has 0 amide bonds. The van der Waals surface area contributed by atoms with E-state index in [4.69, 9.17) is 9.47 Å². The second-order valence-electron chi connectivity index (χ2n) is 5.89. The molecular weight excluding hydrogens is 359 g/mol. The molecule has 0 radical (unpaired) electrons. The molecule has 0 fully saturated rings. The van der Waals surface area contributed by atoms with Gasteiger partial charge in [0.2, 0.25) is 0 Å². The average molecular weight is 380 g/mol. The highest BCUT2D eigenvalue weighted by Crippen LogP contribution is 2.29. The minimum atomic E-state index is -1.60. The molecule has 0 aliphatic rings. The van der Waals surface area contributed by atoms with Crippen LogP contribution in [0.3, 0.4) is 0 Å². The number of rotatable bonds is 7. The zero-order valence-corrected chi connectivity index (χ0v) is 15.9. The fraction of sp³-hybridized carbons (Fsp3) is 0.211. The summed E-state index contributed by atoms with van der Waals surface area (Å²) in [7, 11) is 1.48. The van der Waals surface area contributed by atoms with E-state index in [1.54, 1.807) is 36.5 Å². The maximum Gasteiger partial charge on any atom is 0.492 e. The number of methoxy groups -OCH3 is 2. The lowest BCUT2D eigenvalue weighted by Gasteiger charge is -2.18. The molecule has 3 rings (SSSR count). The van der Waals surface area contributed by atoms with Crippen molar-refractivity contribution in [1.82, 2.24) is 9.97 Å². The summed E-state index contributed by atoms with van der Waals surface area (Å²) in [4.78, 5) is 8.71. The Balaban J connectivity index is 1.96. The van der Waals surface area contributed by atoms with Gasteiger partial charge in [0, 0.05) is 17.4 Å². The van der Waals surface area contributed by atoms with Crippen molar-refractivity contribution < 1.29 is 19.5 Å². The summed E-state index contributed by atoms with van der Waals surface area (Å²) in [5.41, 5.74) is 1.75. The van der Waals surface area contributed by atoms with Crippen molar-refractivity contribution >= 4 is 35.5 Å². The Morgan fingerprint density at radius 1 is 1.11 bits per heavy atom. The van der Waals surface area contributed by atoms with Gasteiger partial charge in [0.15, 0.2) is 5.82 Å². The van der Waals surface area contributed by atoms with E-state index in [1.807, 2.05) is 25.1 Å². The molecule has 28 heavy (non-hydrogen) atoms. The van der Waals surface area contributed by atoms with Crippen LogP contribution in [0.1, 0.15) is 12.5 Å². The van der Waals surface area contributed by atoms with Crippen molar-refractivity contribution in [3.05, 3.63) is 48.3 Å². The average Bonchev–Trinajstić information content (AvgIpc) is 2.73. The number of aromatic nitrogens is 2. The van der Waals surface area contributed by atoms with E-state index >= 15 is 0 Å². The molecule has 0 unspecified atom stereocenters. The molecular formula is C19H21BN4O4. The lowest BCUT2D eigenvalue weighted by Crippen LogP contribution is -2.31. The van der Waals surface area contributed by atoms with Crippen LogP contribution >= 0.6 is 0 Å². The minimum absolute atomic E-state index is 0.292. The molecule has 9 heteroatoms. The van der Waals surface area contributed by atoms with Crippen molar-refractivity contribution in [2.24, 2.45) is 5.10 Å². The predicted octanol–water partition coefficient (Wildman–Crippen LogP) is 1.19. The molecule has 0 bridgehead atoms. The normalized spacial score (nSPS) is 11.0. The Labute approximate surface area is 163 Å². The topological polar surface area (TPSA) is 100 Å². The third-order valence-electron chi connectivity index (χ3n) is 4.25. The number of ether oxygens (including phenoxy) is 2. The van der Waals surface area contributed by atoms with Gasteiger partial charge in [0.1, 0.15) is 23.3 Å². The molecule has 0 spiro atoms. The van der Waals surface area contributed by atoms with Gasteiger partial charge in [-0.3, -0.25) is 0 Å². The first-order valence-corrected chi connectivity index (χ1v) is 8.72. The van der Waals surface area contributed by atoms with Crippen LogP contribution in [0, 0.1) is 0 Å². The molecule has 2 aromatic carbocycles. The van der Waals surface area contributed by atoms with Crippen LogP contribution in [0.25, 0.3) is 10.9 Å². The van der Waals surface area contributed by atoms with Crippen LogP contribution in [0.4, 0.5) is 5.82 Å². The molecule has 0 saturated carbocycles. The molecule has 3 aromatic rings. The van der Waals surface area contributed by atoms with Crippen LogP contribution in [0.15, 0.2) is 47.8 Å². The highest BCUT2D eigenvalue weighted by Gasteiger charge is 2.17. The van der Waals surface area contributed by atoms with Crippen LogP contribution < -0.4 is 19.9 Å². The number of anilines is 1. The van der Waals surface area contributed by atoms with Gasteiger partial charge in [-0.25, -0.2) is 15.0 Å². The fourth-order valence-electron chi connectivity index (χ4n) is 2.86. The van der Waals surface area contributed by atoms with Gasteiger partial charge in [0.25, 0.3) is 0 Å². The number of benzene rings is 2. The van der Waals surface area contributed by atoms with Gasteiger partial charge in [-0.1, -0.05) is 18.2 Å². The molecule has 1 heterocycles. The van der Waals surface area contributed by atoms with Gasteiger partial charge < -0.3 is 19.5 Å². The Morgan fingerprint density at radius 2 is 1.89 bits per heavy atom. The maximum atomic E-state index is 9.38. The summed E-state index contributed by atoms with van der Waals surface area (Å²) < 4.78 is 10.6. The lowest BCUT2D eigenvalue weighted by atomic mass is 9.79. The number of fused-ring (bicyclic) bond motifs is 1. The van der Waals surface area contributed by atoms with Crippen molar-refractivity contribution in [2.45, 2.75) is 6.92 Å². The highest BCUT2D eigenvalue weighted by molar-refractivity contribution is 6.59. The van der Waals surface area contributed by atoms with Crippen molar-refractivity contribution in [3.63, 3.8) is 0 Å².